The molecule has 0 aliphatic carbocycles. The molecule has 2 heterocycles. The molecule has 0 radical (unpaired) electrons. The number of amides is 2. The summed E-state index contributed by atoms with van der Waals surface area (Å²) in [5, 5.41) is 92.2. The molecule has 2 aliphatic heterocycles. The Hall–Kier alpha value is -2.73. The van der Waals surface area contributed by atoms with Gasteiger partial charge in [-0.05, 0) is 26.7 Å². The lowest BCUT2D eigenvalue weighted by molar-refractivity contribution is -0.297. The second-order valence-electron chi connectivity index (χ2n) is 21.9. The van der Waals surface area contributed by atoms with Crippen molar-refractivity contribution in [3.63, 3.8) is 0 Å². The highest BCUT2D eigenvalue weighted by Crippen LogP contribution is 2.35. The quantitative estimate of drug-likeness (QED) is 0.0274. The third-order valence-electron chi connectivity index (χ3n) is 15.3. The Balaban J connectivity index is 2.52. The number of nitrogens with zero attached hydrogens (tertiary/aromatic N) is 1. The molecule has 77 heavy (non-hydrogen) atoms. The lowest BCUT2D eigenvalue weighted by Gasteiger charge is -2.50. The number of ketones is 2. The number of ether oxygens (including phenoxy) is 4. The normalized spacial score (nSPS) is 25.1. The van der Waals surface area contributed by atoms with Crippen molar-refractivity contribution in [1.29, 1.82) is 0 Å². The van der Waals surface area contributed by atoms with Crippen LogP contribution in [0.25, 0.3) is 0 Å². The summed E-state index contributed by atoms with van der Waals surface area (Å²) in [6.07, 6.45) is 10.2. The summed E-state index contributed by atoms with van der Waals surface area (Å²) in [4.78, 5) is 68.9. The fraction of sp³-hybridized carbons (Fsp3) is 0.912. The van der Waals surface area contributed by atoms with E-state index in [4.69, 9.17) is 18.9 Å². The van der Waals surface area contributed by atoms with Crippen molar-refractivity contribution in [2.24, 2.45) is 0 Å². The van der Waals surface area contributed by atoms with Gasteiger partial charge in [0.15, 0.2) is 17.9 Å². The van der Waals surface area contributed by atoms with Gasteiger partial charge in [0.1, 0.15) is 61.0 Å². The van der Waals surface area contributed by atoms with Crippen LogP contribution < -0.4 is 10.6 Å². The number of carboxylic acid groups (broad SMARTS) is 1. The Bertz CT molecular complexity index is 1600. The maximum absolute atomic E-state index is 14.9. The van der Waals surface area contributed by atoms with Gasteiger partial charge < -0.3 is 70.4 Å². The predicted octanol–water partition coefficient (Wildman–Crippen LogP) is 5.27. The third-order valence-corrected chi connectivity index (χ3v) is 15.3. The van der Waals surface area contributed by atoms with Crippen LogP contribution in [0.2, 0.25) is 0 Å². The number of nitrogens with one attached hydrogen (secondary N) is 2. The zero-order valence-electron chi connectivity index (χ0n) is 47.8. The Morgan fingerprint density at radius 3 is 1.35 bits per heavy atom. The highest BCUT2D eigenvalue weighted by Gasteiger charge is 2.58. The number of unbranched alkanes of at least 4 members (excludes halogenated alkanes) is 24. The standard InChI is InChI=1S/C57H105N3O17/c1-7-9-11-13-15-17-19-21-23-25-27-29-31-33-45(66)57(47(68)38-63,46(67)34-32-30-28-26-24-22-20-18-16-14-12-10-8-2)77-52-44(37-62)76-56(73)49(59-42(6)65)53(52)74-39(3)35-60(40(4)55(71)72)54-48(58-41(5)64)51(70)50(69)43(36-61)75-54/h39-40,43-44,47-54,56,61-63,68-70,73H,7-38H2,1-6H3,(H,58,64)(H,59,65)(H,71,72)/t39?,40-,43+,44+,47?,48+,49+,50+,51+,52+,53+,54?,56-/m0/s1. The number of carboxylic acids is 1. The molecule has 20 heteroatoms. The maximum atomic E-state index is 14.9. The average molecular weight is 1100 g/mol. The monoisotopic (exact) mass is 1100 g/mol. The predicted molar refractivity (Wildman–Crippen MR) is 290 cm³/mol. The summed E-state index contributed by atoms with van der Waals surface area (Å²) >= 11 is 0. The number of Topliss-reactive ketones (excluding diaryl/α,β-unsaturated/α-hetero) is 2. The number of carbonyl (C=O) groups excluding carboxylic acids is 4. The van der Waals surface area contributed by atoms with Gasteiger partial charge in [0.25, 0.3) is 0 Å². The van der Waals surface area contributed by atoms with Crippen molar-refractivity contribution in [1.82, 2.24) is 15.5 Å². The van der Waals surface area contributed by atoms with Crippen molar-refractivity contribution in [3.05, 3.63) is 0 Å². The van der Waals surface area contributed by atoms with Crippen molar-refractivity contribution in [2.75, 3.05) is 26.4 Å². The molecule has 2 saturated heterocycles. The average Bonchev–Trinajstić information content (AvgIpc) is 3.39. The van der Waals surface area contributed by atoms with Crippen LogP contribution in [0.4, 0.5) is 0 Å². The summed E-state index contributed by atoms with van der Waals surface area (Å²) in [5.74, 6) is -4.35. The molecule has 10 N–H and O–H groups in total. The molecule has 0 aromatic heterocycles. The van der Waals surface area contributed by atoms with E-state index >= 15 is 0 Å². The Labute approximate surface area is 460 Å². The highest BCUT2D eigenvalue weighted by molar-refractivity contribution is 6.11. The van der Waals surface area contributed by atoms with Crippen LogP contribution in [0.5, 0.6) is 0 Å². The minimum absolute atomic E-state index is 0.218. The largest absolute Gasteiger partial charge is 0.480 e. The van der Waals surface area contributed by atoms with Crippen molar-refractivity contribution in [2.45, 2.75) is 306 Å². The Morgan fingerprint density at radius 1 is 0.571 bits per heavy atom. The summed E-state index contributed by atoms with van der Waals surface area (Å²) in [6.45, 7) is 6.27. The van der Waals surface area contributed by atoms with Gasteiger partial charge >= 0.3 is 5.97 Å². The Morgan fingerprint density at radius 2 is 0.974 bits per heavy atom. The van der Waals surface area contributed by atoms with Crippen LogP contribution in [0.1, 0.15) is 221 Å². The van der Waals surface area contributed by atoms with Crippen molar-refractivity contribution < 1.29 is 83.8 Å². The van der Waals surface area contributed by atoms with Gasteiger partial charge in [-0.1, -0.05) is 168 Å². The molecule has 20 nitrogen and oxygen atoms in total. The summed E-state index contributed by atoms with van der Waals surface area (Å²) in [6, 6.07) is -4.43. The van der Waals surface area contributed by atoms with E-state index in [1.54, 1.807) is 0 Å². The van der Waals surface area contributed by atoms with Gasteiger partial charge in [0.2, 0.25) is 17.4 Å². The van der Waals surface area contributed by atoms with Crippen LogP contribution in [0.15, 0.2) is 0 Å². The van der Waals surface area contributed by atoms with E-state index in [0.717, 1.165) is 65.2 Å². The van der Waals surface area contributed by atoms with Crippen LogP contribution in [0.3, 0.4) is 0 Å². The summed E-state index contributed by atoms with van der Waals surface area (Å²) in [7, 11) is 0. The zero-order chi connectivity index (χ0) is 57.3. The van der Waals surface area contributed by atoms with E-state index in [1.807, 2.05) is 0 Å². The number of aliphatic carboxylic acids is 1. The van der Waals surface area contributed by atoms with Gasteiger partial charge in [0, 0.05) is 33.2 Å². The number of carbonyl (C=O) groups is 5. The zero-order valence-corrected chi connectivity index (χ0v) is 47.8. The van der Waals surface area contributed by atoms with Gasteiger partial charge in [-0.15, -0.1) is 0 Å². The van der Waals surface area contributed by atoms with Gasteiger partial charge in [-0.25, -0.2) is 0 Å². The molecular formula is C57H105N3O17. The number of hydrogen-bond donors (Lipinski definition) is 10. The van der Waals surface area contributed by atoms with Crippen LogP contribution in [-0.2, 0) is 42.9 Å². The lowest BCUT2D eigenvalue weighted by Crippen LogP contribution is -2.71. The van der Waals surface area contributed by atoms with E-state index in [-0.39, 0.29) is 12.8 Å². The summed E-state index contributed by atoms with van der Waals surface area (Å²) in [5.41, 5.74) is -2.74. The molecule has 450 valence electrons. The Kier molecular flexibility index (Phi) is 36.2. The van der Waals surface area contributed by atoms with Crippen LogP contribution in [-0.4, -0.2) is 187 Å². The number of aliphatic hydroxyl groups excluding tert-OH is 7. The smallest absolute Gasteiger partial charge is 0.320 e. The first-order valence-corrected chi connectivity index (χ1v) is 29.6. The second kappa shape index (κ2) is 39.6. The minimum atomic E-state index is -2.74. The van der Waals surface area contributed by atoms with Gasteiger partial charge in [-0.2, -0.15) is 0 Å². The van der Waals surface area contributed by atoms with E-state index in [9.17, 15) is 64.8 Å². The molecule has 0 spiro atoms. The molecule has 2 amide bonds. The molecule has 3 unspecified atom stereocenters. The first kappa shape index (κ1) is 70.4. The lowest BCUT2D eigenvalue weighted by atomic mass is 9.81. The molecule has 2 aliphatic rings. The highest BCUT2D eigenvalue weighted by atomic mass is 16.7. The molecule has 0 saturated carbocycles. The molecule has 0 aromatic rings. The fourth-order valence-corrected chi connectivity index (χ4v) is 10.8. The number of aliphatic hydroxyl groups is 7. The fourth-order valence-electron chi connectivity index (χ4n) is 10.8. The van der Waals surface area contributed by atoms with Gasteiger partial charge in [0.05, 0.1) is 32.0 Å². The van der Waals surface area contributed by atoms with E-state index in [1.165, 1.54) is 109 Å². The SMILES string of the molecule is CCCCCCCCCCCCCCCC(=O)C(O[C@H]1[C@H](OC(C)CN(C2O[C@H](CO)[C@@H](O)[C@H](O)[C@H]2NC(C)=O)[C@@H](C)C(=O)O)[C@@H](NC(C)=O)[C@@H](O)O[C@@H]1CO)(C(=O)CCCCCCCCCCCCCCC)C(O)CO. The topological polar surface area (TPSA) is 311 Å². The van der Waals surface area contributed by atoms with Crippen molar-refractivity contribution in [3.8, 4) is 0 Å². The minimum Gasteiger partial charge on any atom is -0.480 e. The van der Waals surface area contributed by atoms with Crippen molar-refractivity contribution >= 4 is 29.4 Å². The number of rotatable bonds is 45. The molecule has 2 fully saturated rings. The van der Waals surface area contributed by atoms with Crippen LogP contribution >= 0.6 is 0 Å². The second-order valence-corrected chi connectivity index (χ2v) is 21.9. The van der Waals surface area contributed by atoms with E-state index in [0.29, 0.717) is 25.7 Å². The van der Waals surface area contributed by atoms with Gasteiger partial charge in [-0.3, -0.25) is 28.9 Å². The first-order chi connectivity index (χ1) is 36.9. The molecule has 2 rings (SSSR count). The first-order valence-electron chi connectivity index (χ1n) is 29.6. The van der Waals surface area contributed by atoms with E-state index < -0.39 is 141 Å². The molecular weight excluding hydrogens is 999 g/mol. The molecule has 13 atom stereocenters. The van der Waals surface area contributed by atoms with E-state index in [2.05, 4.69) is 24.5 Å². The molecule has 0 bridgehead atoms. The number of hydrogen-bond acceptors (Lipinski definition) is 17. The third kappa shape index (κ3) is 24.1. The maximum Gasteiger partial charge on any atom is 0.320 e. The molecule has 0 aromatic carbocycles. The van der Waals surface area contributed by atoms with Crippen LogP contribution in [0, 0.1) is 0 Å². The summed E-state index contributed by atoms with van der Waals surface area (Å²) < 4.78 is 25.0.